The maximum Gasteiger partial charge on any atom is 0.113 e. The van der Waals surface area contributed by atoms with Crippen LogP contribution in [0.5, 0.6) is 0 Å². The van der Waals surface area contributed by atoms with E-state index in [2.05, 4.69) is 17.0 Å². The fourth-order valence-electron chi connectivity index (χ4n) is 5.87. The summed E-state index contributed by atoms with van der Waals surface area (Å²) in [5.41, 5.74) is -0.418. The Bertz CT molecular complexity index is 428. The maximum absolute atomic E-state index is 9.96. The molecule has 3 heteroatoms. The highest BCUT2D eigenvalue weighted by molar-refractivity contribution is 5.17. The van der Waals surface area contributed by atoms with Gasteiger partial charge in [-0.1, -0.05) is 0 Å². The van der Waals surface area contributed by atoms with Crippen molar-refractivity contribution in [3.05, 3.63) is 0 Å². The third-order valence-electron chi connectivity index (χ3n) is 6.39. The molecule has 4 aliphatic rings. The molecule has 0 aromatic rings. The average molecular weight is 271 g/mol. The highest BCUT2D eigenvalue weighted by Gasteiger charge is 2.56. The van der Waals surface area contributed by atoms with E-state index in [-0.39, 0.29) is 0 Å². The van der Waals surface area contributed by atoms with E-state index in [1.165, 1.54) is 32.1 Å². The van der Waals surface area contributed by atoms with Gasteiger partial charge in [0.1, 0.15) is 5.54 Å². The van der Waals surface area contributed by atoms with Crippen LogP contribution < -0.4 is 0 Å². The van der Waals surface area contributed by atoms with Crippen molar-refractivity contribution in [2.24, 2.45) is 29.6 Å². The van der Waals surface area contributed by atoms with Crippen molar-refractivity contribution >= 4 is 0 Å². The fraction of sp³-hybridized carbons (Fsp3) is 0.882. The van der Waals surface area contributed by atoms with Crippen molar-refractivity contribution in [1.82, 2.24) is 4.90 Å². The SMILES string of the molecule is CN(C)C(C#N)(CCC#N)C1C2CC3CC(C2)CC1C3. The molecule has 0 radical (unpaired) electrons. The lowest BCUT2D eigenvalue weighted by molar-refractivity contribution is -0.0893. The number of nitriles is 2. The summed E-state index contributed by atoms with van der Waals surface area (Å²) in [6.45, 7) is 0. The monoisotopic (exact) mass is 271 g/mol. The summed E-state index contributed by atoms with van der Waals surface area (Å²) in [5, 5.41) is 18.9. The highest BCUT2D eigenvalue weighted by atomic mass is 15.2. The number of rotatable bonds is 4. The molecule has 0 aliphatic heterocycles. The Morgan fingerprint density at radius 1 is 1.00 bits per heavy atom. The van der Waals surface area contributed by atoms with Crippen LogP contribution in [-0.2, 0) is 0 Å². The van der Waals surface area contributed by atoms with E-state index >= 15 is 0 Å². The van der Waals surface area contributed by atoms with Crippen LogP contribution in [0, 0.1) is 52.3 Å². The van der Waals surface area contributed by atoms with Gasteiger partial charge in [0, 0.05) is 6.42 Å². The molecule has 0 N–H and O–H groups in total. The van der Waals surface area contributed by atoms with Crippen molar-refractivity contribution in [3.8, 4) is 12.1 Å². The van der Waals surface area contributed by atoms with Crippen LogP contribution in [0.3, 0.4) is 0 Å². The summed E-state index contributed by atoms with van der Waals surface area (Å²) in [4.78, 5) is 2.12. The summed E-state index contributed by atoms with van der Waals surface area (Å²) in [7, 11) is 4.07. The molecule has 0 aromatic carbocycles. The van der Waals surface area contributed by atoms with Gasteiger partial charge in [-0.25, -0.2) is 0 Å². The van der Waals surface area contributed by atoms with Gasteiger partial charge in [0.25, 0.3) is 0 Å². The van der Waals surface area contributed by atoms with E-state index < -0.39 is 5.54 Å². The lowest BCUT2D eigenvalue weighted by Crippen LogP contribution is -2.59. The van der Waals surface area contributed by atoms with Gasteiger partial charge in [-0.2, -0.15) is 10.5 Å². The molecule has 0 amide bonds. The van der Waals surface area contributed by atoms with Gasteiger partial charge in [0.05, 0.1) is 12.1 Å². The van der Waals surface area contributed by atoms with Crippen LogP contribution in [-0.4, -0.2) is 24.5 Å². The molecule has 4 fully saturated rings. The van der Waals surface area contributed by atoms with Crippen LogP contribution in [0.4, 0.5) is 0 Å². The first-order chi connectivity index (χ1) is 9.60. The molecular weight excluding hydrogens is 246 g/mol. The van der Waals surface area contributed by atoms with E-state index in [4.69, 9.17) is 5.26 Å². The predicted octanol–water partition coefficient (Wildman–Crippen LogP) is 3.19. The predicted molar refractivity (Wildman–Crippen MR) is 77.4 cm³/mol. The van der Waals surface area contributed by atoms with Gasteiger partial charge in [0.15, 0.2) is 0 Å². The van der Waals surface area contributed by atoms with Crippen molar-refractivity contribution < 1.29 is 0 Å². The Balaban J connectivity index is 1.91. The molecule has 108 valence electrons. The molecule has 0 saturated heterocycles. The molecule has 4 bridgehead atoms. The molecule has 20 heavy (non-hydrogen) atoms. The molecule has 3 nitrogen and oxygen atoms in total. The van der Waals surface area contributed by atoms with Gasteiger partial charge < -0.3 is 0 Å². The highest BCUT2D eigenvalue weighted by Crippen LogP contribution is 2.60. The Labute approximate surface area is 122 Å². The average Bonchev–Trinajstić information content (AvgIpc) is 2.40. The Morgan fingerprint density at radius 3 is 1.95 bits per heavy atom. The first kappa shape index (κ1) is 13.9. The zero-order chi connectivity index (χ0) is 14.3. The molecule has 0 spiro atoms. The summed E-state index contributed by atoms with van der Waals surface area (Å²) in [6, 6.07) is 4.91. The van der Waals surface area contributed by atoms with Crippen molar-refractivity contribution in [2.45, 2.75) is 50.5 Å². The second-order valence-corrected chi connectivity index (χ2v) is 7.55. The van der Waals surface area contributed by atoms with Gasteiger partial charge in [-0.3, -0.25) is 4.90 Å². The normalized spacial score (nSPS) is 41.1. The molecule has 0 heterocycles. The first-order valence-electron chi connectivity index (χ1n) is 8.06. The second-order valence-electron chi connectivity index (χ2n) is 7.55. The minimum atomic E-state index is -0.418. The van der Waals surface area contributed by atoms with Crippen molar-refractivity contribution in [1.29, 1.82) is 10.5 Å². The van der Waals surface area contributed by atoms with Crippen LogP contribution in [0.1, 0.15) is 44.9 Å². The van der Waals surface area contributed by atoms with Gasteiger partial charge in [0.2, 0.25) is 0 Å². The van der Waals surface area contributed by atoms with E-state index in [9.17, 15) is 5.26 Å². The Hall–Kier alpha value is -1.06. The van der Waals surface area contributed by atoms with Crippen LogP contribution in [0.15, 0.2) is 0 Å². The number of nitrogens with zero attached hydrogens (tertiary/aromatic N) is 3. The van der Waals surface area contributed by atoms with Crippen LogP contribution >= 0.6 is 0 Å². The Kier molecular flexibility index (Phi) is 3.51. The van der Waals surface area contributed by atoms with Crippen molar-refractivity contribution in [2.75, 3.05) is 14.1 Å². The van der Waals surface area contributed by atoms with Crippen LogP contribution in [0.25, 0.3) is 0 Å². The zero-order valence-electron chi connectivity index (χ0n) is 12.7. The molecule has 1 atom stereocenters. The third-order valence-corrected chi connectivity index (χ3v) is 6.39. The van der Waals surface area contributed by atoms with Crippen molar-refractivity contribution in [3.63, 3.8) is 0 Å². The van der Waals surface area contributed by atoms with Gasteiger partial charge >= 0.3 is 0 Å². The lowest BCUT2D eigenvalue weighted by atomic mass is 9.48. The van der Waals surface area contributed by atoms with E-state index in [1.54, 1.807) is 0 Å². The number of hydrogen-bond acceptors (Lipinski definition) is 3. The van der Waals surface area contributed by atoms with Gasteiger partial charge in [-0.05, 0) is 82.2 Å². The van der Waals surface area contributed by atoms with E-state index in [0.717, 1.165) is 23.7 Å². The maximum atomic E-state index is 9.96. The van der Waals surface area contributed by atoms with E-state index in [0.29, 0.717) is 18.8 Å². The number of hydrogen-bond donors (Lipinski definition) is 0. The zero-order valence-corrected chi connectivity index (χ0v) is 12.7. The second kappa shape index (κ2) is 5.05. The van der Waals surface area contributed by atoms with E-state index in [1.807, 2.05) is 14.1 Å². The van der Waals surface area contributed by atoms with Gasteiger partial charge in [-0.15, -0.1) is 0 Å². The van der Waals surface area contributed by atoms with Crippen LogP contribution in [0.2, 0.25) is 0 Å². The topological polar surface area (TPSA) is 50.8 Å². The third kappa shape index (κ3) is 1.95. The standard InChI is InChI=1S/C17H25N3/c1-20(2)17(11-19,4-3-5-18)16-14-7-12-6-13(9-14)10-15(16)8-12/h12-16H,3-4,6-10H2,1-2H3. The quantitative estimate of drug-likeness (QED) is 0.789. The lowest BCUT2D eigenvalue weighted by Gasteiger charge is -2.59. The molecular formula is C17H25N3. The minimum Gasteiger partial charge on any atom is -0.291 e. The molecule has 4 rings (SSSR count). The fourth-order valence-corrected chi connectivity index (χ4v) is 5.87. The first-order valence-corrected chi connectivity index (χ1v) is 8.06. The molecule has 4 aliphatic carbocycles. The smallest absolute Gasteiger partial charge is 0.113 e. The summed E-state index contributed by atoms with van der Waals surface area (Å²) in [5.74, 6) is 3.81. The molecule has 1 unspecified atom stereocenters. The molecule has 4 saturated carbocycles. The summed E-state index contributed by atoms with van der Waals surface area (Å²) in [6.07, 6.45) is 7.99. The minimum absolute atomic E-state index is 0.418. The largest absolute Gasteiger partial charge is 0.291 e. The summed E-state index contributed by atoms with van der Waals surface area (Å²) >= 11 is 0. The molecule has 0 aromatic heterocycles. The Morgan fingerprint density at radius 2 is 1.55 bits per heavy atom. The summed E-state index contributed by atoms with van der Waals surface area (Å²) < 4.78 is 0.